The molecule has 0 aliphatic heterocycles. The molecule has 0 fully saturated rings. The number of esters is 1. The Hall–Kier alpha value is -1.78. The zero-order valence-electron chi connectivity index (χ0n) is 8.31. The molecule has 1 rings (SSSR count). The maximum atomic E-state index is 11.3. The summed E-state index contributed by atoms with van der Waals surface area (Å²) >= 11 is 3.22. The van der Waals surface area contributed by atoms with Gasteiger partial charge in [-0.25, -0.2) is 4.79 Å². The van der Waals surface area contributed by atoms with E-state index in [-0.39, 0.29) is 5.75 Å². The lowest BCUT2D eigenvalue weighted by Crippen LogP contribution is -2.27. The number of Topliss-reactive ketones (excluding diaryl/α,β-unsaturated/α-hetero) is 1. The number of halogens is 1. The van der Waals surface area contributed by atoms with E-state index in [1.165, 1.54) is 12.1 Å². The van der Waals surface area contributed by atoms with Gasteiger partial charge in [0.05, 0.1) is 0 Å². The Bertz CT molecular complexity index is 475. The fourth-order valence-corrected chi connectivity index (χ4v) is 1.18. The molecule has 16 heavy (non-hydrogen) atoms. The number of benzene rings is 1. The fourth-order valence-electron chi connectivity index (χ4n) is 0.913. The smallest absolute Gasteiger partial charge is 0.418 e. The van der Waals surface area contributed by atoms with Crippen LogP contribution in [0.1, 0.15) is 6.92 Å². The minimum Gasteiger partial charge on any atom is -0.418 e. The largest absolute Gasteiger partial charge is 0.441 e. The Labute approximate surface area is 99.8 Å². The van der Waals surface area contributed by atoms with Crippen molar-refractivity contribution in [2.75, 3.05) is 0 Å². The number of ketones is 1. The summed E-state index contributed by atoms with van der Waals surface area (Å²) in [7, 11) is 0. The van der Waals surface area contributed by atoms with E-state index in [2.05, 4.69) is 20.7 Å². The molecule has 0 aliphatic rings. The van der Waals surface area contributed by atoms with Gasteiger partial charge in [0.1, 0.15) is 5.75 Å². The molecule has 0 unspecified atom stereocenters. The first-order valence-corrected chi connectivity index (χ1v) is 5.04. The van der Waals surface area contributed by atoms with Crippen molar-refractivity contribution in [3.05, 3.63) is 34.3 Å². The third kappa shape index (κ3) is 3.12. The lowest BCUT2D eigenvalue weighted by Gasteiger charge is -1.99. The molecule has 1 aromatic rings. The summed E-state index contributed by atoms with van der Waals surface area (Å²) in [5, 5.41) is 0. The molecular formula is C10H7BrN2O3. The summed E-state index contributed by atoms with van der Waals surface area (Å²) < 4.78 is 5.64. The van der Waals surface area contributed by atoms with Gasteiger partial charge in [-0.05, 0) is 24.3 Å². The van der Waals surface area contributed by atoms with E-state index in [0.29, 0.717) is 0 Å². The zero-order chi connectivity index (χ0) is 12.1. The second-order valence-corrected chi connectivity index (χ2v) is 3.76. The van der Waals surface area contributed by atoms with Crippen molar-refractivity contribution in [2.45, 2.75) is 6.92 Å². The van der Waals surface area contributed by atoms with Gasteiger partial charge in [-0.15, -0.1) is 0 Å². The normalized spacial score (nSPS) is 9.12. The minimum absolute atomic E-state index is 0.260. The lowest BCUT2D eigenvalue weighted by molar-refractivity contribution is -0.134. The van der Waals surface area contributed by atoms with Gasteiger partial charge in [0.15, 0.2) is 0 Å². The van der Waals surface area contributed by atoms with E-state index in [1.54, 1.807) is 12.1 Å². The average molecular weight is 283 g/mol. The van der Waals surface area contributed by atoms with Crippen LogP contribution in [0.2, 0.25) is 0 Å². The van der Waals surface area contributed by atoms with E-state index in [4.69, 9.17) is 10.3 Å². The van der Waals surface area contributed by atoms with Crippen LogP contribution in [0.3, 0.4) is 0 Å². The molecule has 0 atom stereocenters. The monoisotopic (exact) mass is 282 g/mol. The van der Waals surface area contributed by atoms with Crippen LogP contribution in [-0.2, 0) is 9.59 Å². The van der Waals surface area contributed by atoms with Crippen LogP contribution in [0.15, 0.2) is 28.7 Å². The van der Waals surface area contributed by atoms with Crippen molar-refractivity contribution in [2.24, 2.45) is 0 Å². The van der Waals surface area contributed by atoms with Gasteiger partial charge in [0.2, 0.25) is 5.78 Å². The molecule has 0 saturated heterocycles. The second kappa shape index (κ2) is 5.34. The summed E-state index contributed by atoms with van der Waals surface area (Å²) in [5.74, 6) is -1.39. The van der Waals surface area contributed by atoms with Gasteiger partial charge in [-0.3, -0.25) is 4.79 Å². The molecule has 0 N–H and O–H groups in total. The Balaban J connectivity index is 2.83. The summed E-state index contributed by atoms with van der Waals surface area (Å²) in [6, 6.07) is 6.42. The quantitative estimate of drug-likeness (QED) is 0.211. The summed E-state index contributed by atoms with van der Waals surface area (Å²) in [4.78, 5) is 24.8. The third-order valence-corrected chi connectivity index (χ3v) is 2.18. The summed E-state index contributed by atoms with van der Waals surface area (Å²) in [5.41, 5.74) is 7.81. The maximum absolute atomic E-state index is 11.3. The first-order chi connectivity index (χ1) is 7.54. The van der Waals surface area contributed by atoms with Crippen molar-refractivity contribution in [3.8, 4) is 5.75 Å². The van der Waals surface area contributed by atoms with E-state index in [1.807, 2.05) is 0 Å². The van der Waals surface area contributed by atoms with Gasteiger partial charge in [0.25, 0.3) is 0 Å². The number of hydrogen-bond donors (Lipinski definition) is 0. The Morgan fingerprint density at radius 2 is 1.88 bits per heavy atom. The molecule has 5 nitrogen and oxygen atoms in total. The Morgan fingerprint density at radius 1 is 1.31 bits per heavy atom. The van der Waals surface area contributed by atoms with Gasteiger partial charge in [-0.2, -0.15) is 4.79 Å². The number of nitrogens with zero attached hydrogens (tertiary/aromatic N) is 2. The number of hydrogen-bond acceptors (Lipinski definition) is 3. The highest BCUT2D eigenvalue weighted by atomic mass is 79.9. The Morgan fingerprint density at radius 3 is 2.31 bits per heavy atom. The molecule has 1 aromatic carbocycles. The second-order valence-electron chi connectivity index (χ2n) is 2.85. The van der Waals surface area contributed by atoms with E-state index < -0.39 is 17.5 Å². The van der Waals surface area contributed by atoms with Crippen LogP contribution in [0, 0.1) is 0 Å². The van der Waals surface area contributed by atoms with Crippen molar-refractivity contribution in [1.82, 2.24) is 0 Å². The molecule has 0 aromatic heterocycles. The highest BCUT2D eigenvalue weighted by molar-refractivity contribution is 9.10. The molecule has 0 radical (unpaired) electrons. The average Bonchev–Trinajstić information content (AvgIpc) is 2.22. The van der Waals surface area contributed by atoms with Crippen LogP contribution in [-0.4, -0.2) is 22.3 Å². The molecule has 0 spiro atoms. The van der Waals surface area contributed by atoms with Gasteiger partial charge < -0.3 is 10.3 Å². The minimum atomic E-state index is -0.989. The molecule has 0 saturated carbocycles. The molecule has 82 valence electrons. The SMILES string of the molecule is CC(=O)C(=[N+]=[N-])C(=O)Oc1ccc(Br)cc1. The zero-order valence-corrected chi connectivity index (χ0v) is 9.89. The van der Waals surface area contributed by atoms with E-state index in [9.17, 15) is 9.59 Å². The summed E-state index contributed by atoms with van der Waals surface area (Å²) in [6.07, 6.45) is 0. The topological polar surface area (TPSA) is 79.8 Å². The van der Waals surface area contributed by atoms with Crippen LogP contribution in [0.5, 0.6) is 5.75 Å². The van der Waals surface area contributed by atoms with Crippen molar-refractivity contribution < 1.29 is 19.1 Å². The highest BCUT2D eigenvalue weighted by Crippen LogP contribution is 2.16. The molecular weight excluding hydrogens is 276 g/mol. The fraction of sp³-hybridized carbons (Fsp3) is 0.100. The summed E-state index contributed by atoms with van der Waals surface area (Å²) in [6.45, 7) is 1.11. The first kappa shape index (κ1) is 12.3. The molecule has 0 amide bonds. The van der Waals surface area contributed by atoms with Crippen molar-refractivity contribution >= 4 is 33.4 Å². The number of ether oxygens (including phenoxy) is 1. The van der Waals surface area contributed by atoms with Crippen molar-refractivity contribution in [3.63, 3.8) is 0 Å². The molecule has 0 aliphatic carbocycles. The first-order valence-electron chi connectivity index (χ1n) is 4.25. The maximum Gasteiger partial charge on any atom is 0.441 e. The predicted octanol–water partition coefficient (Wildman–Crippen LogP) is 1.61. The van der Waals surface area contributed by atoms with Gasteiger partial charge in [0, 0.05) is 11.4 Å². The van der Waals surface area contributed by atoms with Crippen molar-refractivity contribution in [1.29, 1.82) is 0 Å². The van der Waals surface area contributed by atoms with Crippen LogP contribution in [0.4, 0.5) is 0 Å². The standard InChI is InChI=1S/C10H7BrN2O3/c1-6(14)9(13-12)10(15)16-8-4-2-7(11)3-5-8/h2-5H,1H3. The van der Waals surface area contributed by atoms with E-state index in [0.717, 1.165) is 11.4 Å². The van der Waals surface area contributed by atoms with Gasteiger partial charge >= 0.3 is 11.7 Å². The predicted molar refractivity (Wildman–Crippen MR) is 59.1 cm³/mol. The van der Waals surface area contributed by atoms with Crippen LogP contribution >= 0.6 is 15.9 Å². The molecule has 0 bridgehead atoms. The lowest BCUT2D eigenvalue weighted by atomic mass is 10.3. The highest BCUT2D eigenvalue weighted by Gasteiger charge is 2.27. The van der Waals surface area contributed by atoms with Crippen LogP contribution in [0.25, 0.3) is 5.53 Å². The molecule has 6 heteroatoms. The Kier molecular flexibility index (Phi) is 4.10. The van der Waals surface area contributed by atoms with Gasteiger partial charge in [-0.1, -0.05) is 15.9 Å². The number of rotatable bonds is 3. The number of carbonyl (C=O) groups excluding carboxylic acids is 2. The number of carbonyl (C=O) groups is 2. The third-order valence-electron chi connectivity index (χ3n) is 1.65. The molecule has 0 heterocycles. The van der Waals surface area contributed by atoms with E-state index >= 15 is 0 Å². The van der Waals surface area contributed by atoms with Crippen LogP contribution < -0.4 is 4.74 Å².